The lowest BCUT2D eigenvalue weighted by atomic mass is 10.2. The third-order valence-corrected chi connectivity index (χ3v) is 2.88. The molecule has 0 spiro atoms. The van der Waals surface area contributed by atoms with Crippen LogP contribution in [0.5, 0.6) is 0 Å². The molecule has 0 aliphatic carbocycles. The highest BCUT2D eigenvalue weighted by Crippen LogP contribution is 2.22. The zero-order chi connectivity index (χ0) is 11.7. The van der Waals surface area contributed by atoms with Crippen LogP contribution in [0.1, 0.15) is 0 Å². The van der Waals surface area contributed by atoms with Gasteiger partial charge in [0, 0.05) is 25.8 Å². The molecule has 16 heavy (non-hydrogen) atoms. The van der Waals surface area contributed by atoms with Gasteiger partial charge < -0.3 is 10.6 Å². The van der Waals surface area contributed by atoms with Crippen LogP contribution in [-0.4, -0.2) is 37.1 Å². The Balaban J connectivity index is 2.23. The second-order valence-electron chi connectivity index (χ2n) is 3.87. The van der Waals surface area contributed by atoms with Gasteiger partial charge in [-0.1, -0.05) is 0 Å². The van der Waals surface area contributed by atoms with Crippen LogP contribution < -0.4 is 10.6 Å². The van der Waals surface area contributed by atoms with Crippen LogP contribution in [0.4, 0.5) is 14.9 Å². The van der Waals surface area contributed by atoms with Gasteiger partial charge in [0.05, 0.1) is 6.04 Å². The smallest absolute Gasteiger partial charge is 0.324 e. The van der Waals surface area contributed by atoms with Crippen molar-refractivity contribution in [1.82, 2.24) is 4.90 Å². The van der Waals surface area contributed by atoms with Crippen molar-refractivity contribution < 1.29 is 9.18 Å². The summed E-state index contributed by atoms with van der Waals surface area (Å²) in [6, 6.07) is 5.82. The lowest BCUT2D eigenvalue weighted by Crippen LogP contribution is -2.35. The normalized spacial score (nSPS) is 20.7. The van der Waals surface area contributed by atoms with Crippen molar-refractivity contribution in [1.29, 1.82) is 0 Å². The third kappa shape index (κ3) is 1.74. The Morgan fingerprint density at radius 2 is 2.06 bits per heavy atom. The van der Waals surface area contributed by atoms with E-state index < -0.39 is 0 Å². The Kier molecular flexibility index (Phi) is 2.78. The molecule has 86 valence electrons. The molecule has 1 atom stereocenters. The number of hydrogen-bond acceptors (Lipinski definition) is 2. The molecule has 0 radical (unpaired) electrons. The second kappa shape index (κ2) is 4.09. The van der Waals surface area contributed by atoms with Gasteiger partial charge >= 0.3 is 6.03 Å². The monoisotopic (exact) mass is 223 g/mol. The second-order valence-corrected chi connectivity index (χ2v) is 3.87. The van der Waals surface area contributed by atoms with Crippen molar-refractivity contribution in [3.05, 3.63) is 30.1 Å². The SMILES string of the molecule is CN1C(=O)N(c2ccc(F)cc2)CC1CN. The number of urea groups is 1. The summed E-state index contributed by atoms with van der Waals surface area (Å²) in [4.78, 5) is 15.1. The molecule has 1 aromatic carbocycles. The Morgan fingerprint density at radius 3 is 2.56 bits per heavy atom. The lowest BCUT2D eigenvalue weighted by molar-refractivity contribution is 0.219. The topological polar surface area (TPSA) is 49.6 Å². The van der Waals surface area contributed by atoms with E-state index in [0.29, 0.717) is 18.8 Å². The standard InChI is InChI=1S/C11H14FN3O/c1-14-10(6-13)7-15(11(14)16)9-4-2-8(12)3-5-9/h2-5,10H,6-7,13H2,1H3. The first-order valence-corrected chi connectivity index (χ1v) is 5.13. The van der Waals surface area contributed by atoms with Crippen molar-refractivity contribution in [2.24, 2.45) is 5.73 Å². The summed E-state index contributed by atoms with van der Waals surface area (Å²) in [6.07, 6.45) is 0. The summed E-state index contributed by atoms with van der Waals surface area (Å²) in [5.74, 6) is -0.306. The van der Waals surface area contributed by atoms with E-state index in [0.717, 1.165) is 0 Å². The molecular formula is C11H14FN3O. The van der Waals surface area contributed by atoms with E-state index >= 15 is 0 Å². The maximum Gasteiger partial charge on any atom is 0.324 e. The van der Waals surface area contributed by atoms with E-state index in [-0.39, 0.29) is 17.9 Å². The van der Waals surface area contributed by atoms with Crippen molar-refractivity contribution >= 4 is 11.7 Å². The molecule has 2 rings (SSSR count). The highest BCUT2D eigenvalue weighted by atomic mass is 19.1. The highest BCUT2D eigenvalue weighted by Gasteiger charge is 2.34. The number of carbonyl (C=O) groups is 1. The summed E-state index contributed by atoms with van der Waals surface area (Å²) in [5, 5.41) is 0. The molecule has 1 fully saturated rings. The van der Waals surface area contributed by atoms with Gasteiger partial charge in [-0.3, -0.25) is 4.90 Å². The summed E-state index contributed by atoms with van der Waals surface area (Å²) in [5.41, 5.74) is 6.27. The number of nitrogens with zero attached hydrogens (tertiary/aromatic N) is 2. The lowest BCUT2D eigenvalue weighted by Gasteiger charge is -2.15. The first-order valence-electron chi connectivity index (χ1n) is 5.13. The number of halogens is 1. The molecule has 5 heteroatoms. The van der Waals surface area contributed by atoms with Crippen LogP contribution in [0, 0.1) is 5.82 Å². The molecule has 2 N–H and O–H groups in total. The van der Waals surface area contributed by atoms with Crippen molar-refractivity contribution in [3.63, 3.8) is 0 Å². The largest absolute Gasteiger partial charge is 0.328 e. The molecule has 1 aliphatic heterocycles. The Morgan fingerprint density at radius 1 is 1.44 bits per heavy atom. The molecule has 1 aliphatic rings. The fourth-order valence-electron chi connectivity index (χ4n) is 1.83. The van der Waals surface area contributed by atoms with Crippen LogP contribution in [0.15, 0.2) is 24.3 Å². The van der Waals surface area contributed by atoms with Crippen LogP contribution in [0.2, 0.25) is 0 Å². The first-order chi connectivity index (χ1) is 7.63. The number of carbonyl (C=O) groups excluding carboxylic acids is 1. The van der Waals surface area contributed by atoms with Gasteiger partial charge in [0.2, 0.25) is 0 Å². The summed E-state index contributed by atoms with van der Waals surface area (Å²) < 4.78 is 12.8. The molecule has 2 amide bonds. The van der Waals surface area contributed by atoms with Crippen molar-refractivity contribution in [3.8, 4) is 0 Å². The molecule has 1 unspecified atom stereocenters. The molecule has 1 saturated heterocycles. The zero-order valence-electron chi connectivity index (χ0n) is 9.06. The van der Waals surface area contributed by atoms with Gasteiger partial charge in [0.1, 0.15) is 5.82 Å². The van der Waals surface area contributed by atoms with Crippen LogP contribution in [-0.2, 0) is 0 Å². The molecule has 0 saturated carbocycles. The maximum atomic E-state index is 12.8. The number of anilines is 1. The number of likely N-dealkylation sites (N-methyl/N-ethyl adjacent to an activating group) is 1. The van der Waals surface area contributed by atoms with Gasteiger partial charge in [-0.05, 0) is 24.3 Å². The van der Waals surface area contributed by atoms with E-state index in [1.54, 1.807) is 29.0 Å². The number of rotatable bonds is 2. The Labute approximate surface area is 93.4 Å². The van der Waals surface area contributed by atoms with Crippen molar-refractivity contribution in [2.75, 3.05) is 25.0 Å². The van der Waals surface area contributed by atoms with E-state index in [9.17, 15) is 9.18 Å². The molecule has 4 nitrogen and oxygen atoms in total. The van der Waals surface area contributed by atoms with E-state index in [1.807, 2.05) is 0 Å². The van der Waals surface area contributed by atoms with E-state index in [1.165, 1.54) is 12.1 Å². The predicted molar refractivity (Wildman–Crippen MR) is 59.7 cm³/mol. The average molecular weight is 223 g/mol. The molecular weight excluding hydrogens is 209 g/mol. The minimum absolute atomic E-state index is 0.0255. The first kappa shape index (κ1) is 10.9. The fraction of sp³-hybridized carbons (Fsp3) is 0.364. The number of amides is 2. The predicted octanol–water partition coefficient (Wildman–Crippen LogP) is 1.02. The summed E-state index contributed by atoms with van der Waals surface area (Å²) in [7, 11) is 1.73. The number of benzene rings is 1. The molecule has 1 aromatic rings. The van der Waals surface area contributed by atoms with Crippen LogP contribution in [0.3, 0.4) is 0 Å². The average Bonchev–Trinajstić information content (AvgIpc) is 2.57. The zero-order valence-corrected chi connectivity index (χ0v) is 9.06. The van der Waals surface area contributed by atoms with Gasteiger partial charge in [0.15, 0.2) is 0 Å². The Bertz CT molecular complexity index is 393. The quantitative estimate of drug-likeness (QED) is 0.814. The summed E-state index contributed by atoms with van der Waals surface area (Å²) >= 11 is 0. The van der Waals surface area contributed by atoms with Crippen LogP contribution in [0.25, 0.3) is 0 Å². The number of nitrogens with two attached hydrogens (primary N) is 1. The maximum absolute atomic E-state index is 12.8. The van der Waals surface area contributed by atoms with Gasteiger partial charge in [0.25, 0.3) is 0 Å². The van der Waals surface area contributed by atoms with Gasteiger partial charge in [-0.15, -0.1) is 0 Å². The van der Waals surface area contributed by atoms with E-state index in [2.05, 4.69) is 0 Å². The van der Waals surface area contributed by atoms with E-state index in [4.69, 9.17) is 5.73 Å². The fourth-order valence-corrected chi connectivity index (χ4v) is 1.83. The van der Waals surface area contributed by atoms with Crippen molar-refractivity contribution in [2.45, 2.75) is 6.04 Å². The summed E-state index contributed by atoms with van der Waals surface area (Å²) in [6.45, 7) is 0.984. The third-order valence-electron chi connectivity index (χ3n) is 2.88. The minimum atomic E-state index is -0.306. The number of hydrogen-bond donors (Lipinski definition) is 1. The molecule has 0 bridgehead atoms. The minimum Gasteiger partial charge on any atom is -0.328 e. The molecule has 0 aromatic heterocycles. The van der Waals surface area contributed by atoms with Gasteiger partial charge in [-0.2, -0.15) is 0 Å². The highest BCUT2D eigenvalue weighted by molar-refractivity contribution is 5.94. The Hall–Kier alpha value is -1.62. The molecule has 1 heterocycles. The van der Waals surface area contributed by atoms with Crippen LogP contribution >= 0.6 is 0 Å². The van der Waals surface area contributed by atoms with Gasteiger partial charge in [-0.25, -0.2) is 9.18 Å².